The normalized spacial score (nSPS) is 13.3. The Kier molecular flexibility index (Phi) is 7.88. The Bertz CT molecular complexity index is 2650. The van der Waals surface area contributed by atoms with Gasteiger partial charge >= 0.3 is 0 Å². The number of aryl methyl sites for hydroxylation is 1. The van der Waals surface area contributed by atoms with E-state index in [9.17, 15) is 0 Å². The van der Waals surface area contributed by atoms with E-state index in [4.69, 9.17) is 0 Å². The summed E-state index contributed by atoms with van der Waals surface area (Å²) in [6, 6.07) is 60.2. The van der Waals surface area contributed by atoms with Crippen LogP contribution in [0.1, 0.15) is 29.7 Å². The molecule has 0 amide bonds. The first-order chi connectivity index (χ1) is 26.2. The Labute approximate surface area is 315 Å². The molecule has 3 heteroatoms. The van der Waals surface area contributed by atoms with Gasteiger partial charge in [0.15, 0.2) is 0 Å². The van der Waals surface area contributed by atoms with E-state index in [-0.39, 0.29) is 0 Å². The van der Waals surface area contributed by atoms with Crippen LogP contribution < -0.4 is 4.90 Å². The Morgan fingerprint density at radius 1 is 0.509 bits per heavy atom. The van der Waals surface area contributed by atoms with Crippen molar-refractivity contribution in [3.63, 3.8) is 0 Å². The van der Waals surface area contributed by atoms with E-state index in [0.717, 1.165) is 18.5 Å². The summed E-state index contributed by atoms with van der Waals surface area (Å²) in [5.74, 6) is 0. The molecule has 8 aromatic rings. The summed E-state index contributed by atoms with van der Waals surface area (Å²) >= 11 is 1.87. The lowest BCUT2D eigenvalue weighted by Crippen LogP contribution is -2.15. The monoisotopic (exact) mass is 698 g/mol. The molecule has 53 heavy (non-hydrogen) atoms. The number of allylic oxidation sites excluding steroid dienone is 1. The molecule has 2 nitrogen and oxygen atoms in total. The molecule has 0 atom stereocenters. The molecule has 0 unspecified atom stereocenters. The fraction of sp³-hybridized carbons (Fsp3) is 0.0800. The van der Waals surface area contributed by atoms with Crippen molar-refractivity contribution in [1.82, 2.24) is 4.57 Å². The second-order valence-corrected chi connectivity index (χ2v) is 15.2. The van der Waals surface area contributed by atoms with Gasteiger partial charge < -0.3 is 9.47 Å². The van der Waals surface area contributed by atoms with Gasteiger partial charge in [0.2, 0.25) is 0 Å². The van der Waals surface area contributed by atoms with Crippen LogP contribution in [0.4, 0.5) is 17.1 Å². The summed E-state index contributed by atoms with van der Waals surface area (Å²) in [6.07, 6.45) is 8.08. The highest BCUT2D eigenvalue weighted by atomic mass is 32.2. The summed E-state index contributed by atoms with van der Waals surface area (Å²) in [7, 11) is 0. The van der Waals surface area contributed by atoms with Crippen LogP contribution in [-0.4, -0.2) is 4.57 Å². The zero-order chi connectivity index (χ0) is 35.3. The third-order valence-corrected chi connectivity index (χ3v) is 11.8. The summed E-state index contributed by atoms with van der Waals surface area (Å²) in [4.78, 5) is 4.97. The van der Waals surface area contributed by atoms with Gasteiger partial charge in [-0.05, 0) is 126 Å². The van der Waals surface area contributed by atoms with E-state index in [1.807, 2.05) is 11.8 Å². The highest BCUT2D eigenvalue weighted by molar-refractivity contribution is 7.99. The van der Waals surface area contributed by atoms with Gasteiger partial charge in [-0.2, -0.15) is 0 Å². The molecule has 0 N–H and O–H groups in total. The number of para-hydroxylation sites is 1. The fourth-order valence-corrected chi connectivity index (χ4v) is 9.30. The molecule has 0 bridgehead atoms. The van der Waals surface area contributed by atoms with Crippen molar-refractivity contribution in [2.75, 3.05) is 4.90 Å². The summed E-state index contributed by atoms with van der Waals surface area (Å²) in [5, 5.41) is 1.32. The van der Waals surface area contributed by atoms with Crippen molar-refractivity contribution in [3.8, 4) is 39.1 Å². The first-order valence-electron chi connectivity index (χ1n) is 18.6. The zero-order valence-corrected chi connectivity index (χ0v) is 30.5. The second kappa shape index (κ2) is 13.2. The van der Waals surface area contributed by atoms with Crippen LogP contribution in [0.2, 0.25) is 0 Å². The molecule has 2 heterocycles. The molecule has 0 saturated heterocycles. The Morgan fingerprint density at radius 3 is 1.85 bits per heavy atom. The van der Waals surface area contributed by atoms with Crippen LogP contribution in [0.3, 0.4) is 0 Å². The molecule has 10 rings (SSSR count). The number of hydrogen-bond donors (Lipinski definition) is 0. The summed E-state index contributed by atoms with van der Waals surface area (Å²) in [6.45, 7) is 2.17. The van der Waals surface area contributed by atoms with Gasteiger partial charge in [-0.1, -0.05) is 127 Å². The van der Waals surface area contributed by atoms with Crippen LogP contribution in [0.5, 0.6) is 0 Å². The lowest BCUT2D eigenvalue weighted by atomic mass is 9.98. The van der Waals surface area contributed by atoms with Crippen molar-refractivity contribution in [3.05, 3.63) is 187 Å². The summed E-state index contributed by atoms with van der Waals surface area (Å²) < 4.78 is 2.47. The molecular weight excluding hydrogens is 661 g/mol. The highest BCUT2D eigenvalue weighted by Gasteiger charge is 2.26. The molecule has 254 valence electrons. The van der Waals surface area contributed by atoms with Crippen LogP contribution in [-0.2, 0) is 6.42 Å². The maximum Gasteiger partial charge on any atom is 0.0602 e. The highest BCUT2D eigenvalue weighted by Crippen LogP contribution is 2.52. The van der Waals surface area contributed by atoms with Crippen molar-refractivity contribution >= 4 is 45.8 Å². The molecule has 1 aromatic heterocycles. The molecule has 1 aliphatic heterocycles. The zero-order valence-electron chi connectivity index (χ0n) is 29.7. The van der Waals surface area contributed by atoms with Crippen LogP contribution in [0.15, 0.2) is 180 Å². The van der Waals surface area contributed by atoms with Gasteiger partial charge in [0.25, 0.3) is 0 Å². The standard InChI is InChI=1S/C50H38N2S/c1-34-17-28-47-49(31-34)53-50-33-40(35-11-5-2-6-12-35)25-30-48(50)52(47)42-26-22-37(23-27-42)36-18-20-38(21-19-36)39-24-29-46-44(32-39)43-15-9-4-10-16-45(43)51(46)41-13-7-3-8-14-41/h2-3,5-9,11-15,17-33H,4,10,16H2,1H3. The van der Waals surface area contributed by atoms with Gasteiger partial charge in [-0.25, -0.2) is 0 Å². The molecule has 1 aliphatic carbocycles. The van der Waals surface area contributed by atoms with Gasteiger partial charge in [0, 0.05) is 37.8 Å². The van der Waals surface area contributed by atoms with Gasteiger partial charge in [0.05, 0.1) is 16.9 Å². The molecule has 0 spiro atoms. The maximum atomic E-state index is 2.47. The van der Waals surface area contributed by atoms with Crippen molar-refractivity contribution < 1.29 is 0 Å². The minimum atomic E-state index is 1.08. The molecule has 0 saturated carbocycles. The van der Waals surface area contributed by atoms with Crippen LogP contribution in [0.25, 0.3) is 56.0 Å². The average Bonchev–Trinajstić information content (AvgIpc) is 3.32. The molecule has 2 aliphatic rings. The van der Waals surface area contributed by atoms with E-state index in [0.29, 0.717) is 0 Å². The van der Waals surface area contributed by atoms with Crippen molar-refractivity contribution in [2.24, 2.45) is 0 Å². The number of benzene rings is 7. The van der Waals surface area contributed by atoms with E-state index in [1.54, 1.807) is 0 Å². The molecule has 7 aromatic carbocycles. The number of aromatic nitrogens is 1. The van der Waals surface area contributed by atoms with Crippen LogP contribution >= 0.6 is 11.8 Å². The first-order valence-corrected chi connectivity index (χ1v) is 19.4. The number of anilines is 3. The third-order valence-electron chi connectivity index (χ3n) is 10.8. The molecule has 0 fully saturated rings. The first kappa shape index (κ1) is 31.7. The Balaban J connectivity index is 0.969. The largest absolute Gasteiger partial charge is 0.313 e. The van der Waals surface area contributed by atoms with E-state index in [2.05, 4.69) is 192 Å². The topological polar surface area (TPSA) is 8.17 Å². The minimum absolute atomic E-state index is 1.08. The predicted molar refractivity (Wildman–Crippen MR) is 225 cm³/mol. The van der Waals surface area contributed by atoms with E-state index >= 15 is 0 Å². The summed E-state index contributed by atoms with van der Waals surface area (Å²) in [5.41, 5.74) is 17.5. The van der Waals surface area contributed by atoms with Gasteiger partial charge in [0.1, 0.15) is 0 Å². The second-order valence-electron chi connectivity index (χ2n) is 14.1. The number of nitrogens with zero attached hydrogens (tertiary/aromatic N) is 2. The maximum absolute atomic E-state index is 2.47. The van der Waals surface area contributed by atoms with Gasteiger partial charge in [-0.15, -0.1) is 0 Å². The molecular formula is C50H38N2S. The van der Waals surface area contributed by atoms with Crippen molar-refractivity contribution in [2.45, 2.75) is 36.0 Å². The number of fused-ring (bicyclic) bond motifs is 5. The Hall–Kier alpha value is -6.03. The fourth-order valence-electron chi connectivity index (χ4n) is 8.10. The number of hydrogen-bond acceptors (Lipinski definition) is 2. The lowest BCUT2D eigenvalue weighted by Gasteiger charge is -2.33. The van der Waals surface area contributed by atoms with Gasteiger partial charge in [-0.3, -0.25) is 0 Å². The SMILES string of the molecule is Cc1ccc2c(c1)Sc1cc(-c3ccccc3)ccc1N2c1ccc(-c2ccc(-c3ccc4c(c3)c3c(n4-c4ccccc4)CCCC=C3)cc2)cc1. The van der Waals surface area contributed by atoms with E-state index < -0.39 is 0 Å². The molecule has 0 radical (unpaired) electrons. The Morgan fingerprint density at radius 2 is 1.09 bits per heavy atom. The van der Waals surface area contributed by atoms with Crippen molar-refractivity contribution in [1.29, 1.82) is 0 Å². The van der Waals surface area contributed by atoms with Crippen LogP contribution in [0, 0.1) is 6.92 Å². The quantitative estimate of drug-likeness (QED) is 0.177. The predicted octanol–water partition coefficient (Wildman–Crippen LogP) is 14.2. The third kappa shape index (κ3) is 5.69. The van der Waals surface area contributed by atoms with E-state index in [1.165, 1.54) is 94.4 Å². The minimum Gasteiger partial charge on any atom is -0.313 e. The lowest BCUT2D eigenvalue weighted by molar-refractivity contribution is 0.807. The average molecular weight is 699 g/mol. The number of rotatable bonds is 5. The smallest absolute Gasteiger partial charge is 0.0602 e.